The minimum Gasteiger partial charge on any atom is -0.380 e. The summed E-state index contributed by atoms with van der Waals surface area (Å²) in [5.74, 6) is 0.112. The highest BCUT2D eigenvalue weighted by molar-refractivity contribution is 5.81. The Labute approximate surface area is 95.9 Å². The van der Waals surface area contributed by atoms with Gasteiger partial charge in [-0.15, -0.1) is 0 Å². The molecule has 2 rings (SSSR count). The molecule has 92 valence electrons. The Balaban J connectivity index is 1.86. The summed E-state index contributed by atoms with van der Waals surface area (Å²) in [5, 5.41) is 0. The lowest BCUT2D eigenvalue weighted by Crippen LogP contribution is -2.41. The van der Waals surface area contributed by atoms with Gasteiger partial charge < -0.3 is 20.1 Å². The summed E-state index contributed by atoms with van der Waals surface area (Å²) in [4.78, 5) is 14.0. The molecule has 2 saturated heterocycles. The van der Waals surface area contributed by atoms with E-state index in [1.807, 2.05) is 4.90 Å². The Morgan fingerprint density at radius 2 is 2.19 bits per heavy atom. The number of nitrogens with two attached hydrogens (primary N) is 1. The van der Waals surface area contributed by atoms with Crippen molar-refractivity contribution in [3.63, 3.8) is 0 Å². The maximum absolute atomic E-state index is 12.1. The van der Waals surface area contributed by atoms with Crippen LogP contribution in [0.5, 0.6) is 0 Å². The lowest BCUT2D eigenvalue weighted by Gasteiger charge is -2.23. The molecule has 2 aliphatic heterocycles. The minimum atomic E-state index is -0.272. The topological polar surface area (TPSA) is 64.8 Å². The van der Waals surface area contributed by atoms with Gasteiger partial charge in [0.2, 0.25) is 0 Å². The Hall–Kier alpha value is -0.650. The average Bonchev–Trinajstić information content (AvgIpc) is 2.62. The van der Waals surface area contributed by atoms with Gasteiger partial charge in [0, 0.05) is 26.2 Å². The van der Waals surface area contributed by atoms with Crippen LogP contribution in [0.3, 0.4) is 0 Å². The number of hydrogen-bond donors (Lipinski definition) is 1. The maximum atomic E-state index is 12.1. The number of carbonyl (C=O) groups excluding carboxylic acids is 1. The number of amides is 1. The first kappa shape index (κ1) is 11.8. The molecule has 2 N–H and O–H groups in total. The summed E-state index contributed by atoms with van der Waals surface area (Å²) in [6.07, 6.45) is 2.41. The predicted octanol–water partition coefficient (Wildman–Crippen LogP) is -0.258. The zero-order valence-corrected chi connectivity index (χ0v) is 9.56. The zero-order valence-electron chi connectivity index (χ0n) is 9.56. The number of carbonyl (C=O) groups is 1. The van der Waals surface area contributed by atoms with E-state index >= 15 is 0 Å². The third-order valence-electron chi connectivity index (χ3n) is 3.18. The van der Waals surface area contributed by atoms with Crippen molar-refractivity contribution < 1.29 is 14.3 Å². The number of ether oxygens (including phenoxy) is 2. The van der Waals surface area contributed by atoms with Crippen LogP contribution >= 0.6 is 0 Å². The second kappa shape index (κ2) is 5.61. The number of hydrogen-bond acceptors (Lipinski definition) is 4. The van der Waals surface area contributed by atoms with Crippen molar-refractivity contribution in [3.05, 3.63) is 0 Å². The zero-order chi connectivity index (χ0) is 11.4. The molecule has 0 aliphatic carbocycles. The molecule has 0 bridgehead atoms. The first-order valence-corrected chi connectivity index (χ1v) is 6.03. The quantitative estimate of drug-likeness (QED) is 0.707. The predicted molar refractivity (Wildman–Crippen MR) is 59.0 cm³/mol. The van der Waals surface area contributed by atoms with Crippen LogP contribution < -0.4 is 5.73 Å². The summed E-state index contributed by atoms with van der Waals surface area (Å²) < 4.78 is 10.9. The van der Waals surface area contributed by atoms with Crippen LogP contribution in [-0.4, -0.2) is 55.9 Å². The summed E-state index contributed by atoms with van der Waals surface area (Å²) >= 11 is 0. The molecule has 0 radical (unpaired) electrons. The molecule has 2 heterocycles. The van der Waals surface area contributed by atoms with E-state index in [2.05, 4.69) is 0 Å². The summed E-state index contributed by atoms with van der Waals surface area (Å²) in [6.45, 7) is 3.37. The van der Waals surface area contributed by atoms with Crippen molar-refractivity contribution in [3.8, 4) is 0 Å². The van der Waals surface area contributed by atoms with Gasteiger partial charge >= 0.3 is 0 Å². The molecular weight excluding hydrogens is 208 g/mol. The molecule has 2 atom stereocenters. The van der Waals surface area contributed by atoms with Gasteiger partial charge in [0.1, 0.15) is 6.10 Å². The van der Waals surface area contributed by atoms with Gasteiger partial charge in [-0.3, -0.25) is 4.79 Å². The van der Waals surface area contributed by atoms with E-state index in [1.54, 1.807) is 0 Å². The third kappa shape index (κ3) is 2.72. The van der Waals surface area contributed by atoms with Gasteiger partial charge in [-0.2, -0.15) is 0 Å². The van der Waals surface area contributed by atoms with E-state index < -0.39 is 0 Å². The highest BCUT2D eigenvalue weighted by Gasteiger charge is 2.32. The number of rotatable bonds is 2. The highest BCUT2D eigenvalue weighted by atomic mass is 16.5. The molecule has 0 spiro atoms. The fourth-order valence-electron chi connectivity index (χ4n) is 2.23. The van der Waals surface area contributed by atoms with Crippen molar-refractivity contribution >= 4 is 5.91 Å². The molecule has 2 aliphatic rings. The Kier molecular flexibility index (Phi) is 4.15. The summed E-state index contributed by atoms with van der Waals surface area (Å²) in [5.41, 5.74) is 5.53. The van der Waals surface area contributed by atoms with Crippen LogP contribution in [0.15, 0.2) is 0 Å². The second-order valence-corrected chi connectivity index (χ2v) is 4.35. The largest absolute Gasteiger partial charge is 0.380 e. The van der Waals surface area contributed by atoms with Crippen LogP contribution in [0.4, 0.5) is 0 Å². The molecule has 0 aromatic heterocycles. The minimum absolute atomic E-state index is 0.0668. The van der Waals surface area contributed by atoms with E-state index in [4.69, 9.17) is 15.2 Å². The molecule has 1 amide bonds. The van der Waals surface area contributed by atoms with Gasteiger partial charge in [0.25, 0.3) is 5.91 Å². The van der Waals surface area contributed by atoms with Crippen molar-refractivity contribution in [1.29, 1.82) is 0 Å². The first-order valence-electron chi connectivity index (χ1n) is 6.03. The summed E-state index contributed by atoms with van der Waals surface area (Å²) in [7, 11) is 0. The van der Waals surface area contributed by atoms with E-state index in [0.717, 1.165) is 32.4 Å². The van der Waals surface area contributed by atoms with E-state index in [-0.39, 0.29) is 18.1 Å². The molecule has 0 aromatic carbocycles. The van der Waals surface area contributed by atoms with Gasteiger partial charge in [-0.1, -0.05) is 0 Å². The maximum Gasteiger partial charge on any atom is 0.251 e. The molecule has 2 unspecified atom stereocenters. The van der Waals surface area contributed by atoms with Gasteiger partial charge in [-0.25, -0.2) is 0 Å². The van der Waals surface area contributed by atoms with E-state index in [9.17, 15) is 4.79 Å². The Morgan fingerprint density at radius 3 is 2.94 bits per heavy atom. The lowest BCUT2D eigenvalue weighted by atomic mass is 10.2. The van der Waals surface area contributed by atoms with E-state index in [0.29, 0.717) is 19.7 Å². The molecule has 5 heteroatoms. The Bertz CT molecular complexity index is 239. The smallest absolute Gasteiger partial charge is 0.251 e. The fourth-order valence-corrected chi connectivity index (χ4v) is 2.23. The average molecular weight is 228 g/mol. The lowest BCUT2D eigenvalue weighted by molar-refractivity contribution is -0.142. The van der Waals surface area contributed by atoms with Crippen LogP contribution in [0.2, 0.25) is 0 Å². The molecule has 0 saturated carbocycles. The summed E-state index contributed by atoms with van der Waals surface area (Å²) in [6, 6.07) is 0. The van der Waals surface area contributed by atoms with Crippen LogP contribution in [0.1, 0.15) is 19.3 Å². The fraction of sp³-hybridized carbons (Fsp3) is 0.909. The van der Waals surface area contributed by atoms with E-state index in [1.165, 1.54) is 0 Å². The third-order valence-corrected chi connectivity index (χ3v) is 3.18. The van der Waals surface area contributed by atoms with Crippen molar-refractivity contribution in [2.45, 2.75) is 31.5 Å². The number of nitrogens with zero attached hydrogens (tertiary/aromatic N) is 1. The van der Waals surface area contributed by atoms with Gasteiger partial charge in [0.05, 0.1) is 12.7 Å². The molecule has 2 fully saturated rings. The van der Waals surface area contributed by atoms with Gasteiger partial charge in [0.15, 0.2) is 0 Å². The SMILES string of the molecule is NCC1CCC(C(=O)N2CCCOCC2)O1. The van der Waals surface area contributed by atoms with Crippen molar-refractivity contribution in [2.75, 3.05) is 32.8 Å². The van der Waals surface area contributed by atoms with Crippen molar-refractivity contribution in [2.24, 2.45) is 5.73 Å². The standard InChI is InChI=1S/C11H20N2O3/c12-8-9-2-3-10(16-9)11(14)13-4-1-6-15-7-5-13/h9-10H,1-8,12H2. The second-order valence-electron chi connectivity index (χ2n) is 4.35. The molecular formula is C11H20N2O3. The van der Waals surface area contributed by atoms with Crippen LogP contribution in [0.25, 0.3) is 0 Å². The Morgan fingerprint density at radius 1 is 1.31 bits per heavy atom. The van der Waals surface area contributed by atoms with Crippen LogP contribution in [-0.2, 0) is 14.3 Å². The normalized spacial score (nSPS) is 31.4. The van der Waals surface area contributed by atoms with Gasteiger partial charge in [-0.05, 0) is 19.3 Å². The molecule has 16 heavy (non-hydrogen) atoms. The molecule has 0 aromatic rings. The van der Waals surface area contributed by atoms with Crippen LogP contribution in [0, 0.1) is 0 Å². The highest BCUT2D eigenvalue weighted by Crippen LogP contribution is 2.21. The van der Waals surface area contributed by atoms with Crippen molar-refractivity contribution in [1.82, 2.24) is 4.90 Å². The molecule has 5 nitrogen and oxygen atoms in total. The first-order chi connectivity index (χ1) is 7.81. The monoisotopic (exact) mass is 228 g/mol.